The van der Waals surface area contributed by atoms with Crippen molar-refractivity contribution in [1.29, 1.82) is 0 Å². The van der Waals surface area contributed by atoms with Crippen LogP contribution in [-0.2, 0) is 0 Å². The zero-order valence-corrected chi connectivity index (χ0v) is 11.4. The Bertz CT molecular complexity index is 462. The lowest BCUT2D eigenvalue weighted by Crippen LogP contribution is -2.50. The van der Waals surface area contributed by atoms with Crippen LogP contribution in [0.5, 0.6) is 0 Å². The molecule has 1 aliphatic carbocycles. The van der Waals surface area contributed by atoms with E-state index in [1.165, 1.54) is 12.8 Å². The van der Waals surface area contributed by atoms with E-state index >= 15 is 0 Å². The molecule has 0 bridgehead atoms. The number of hydrogen-bond donors (Lipinski definition) is 1. The SMILES string of the molecule is Cc1cccc(NC(=O)N2CCN(C3CC3)CC2)c1. The summed E-state index contributed by atoms with van der Waals surface area (Å²) in [7, 11) is 0. The maximum Gasteiger partial charge on any atom is 0.321 e. The highest BCUT2D eigenvalue weighted by atomic mass is 16.2. The minimum atomic E-state index is 0.0287. The van der Waals surface area contributed by atoms with Gasteiger partial charge < -0.3 is 10.2 Å². The van der Waals surface area contributed by atoms with Gasteiger partial charge in [0.05, 0.1) is 0 Å². The number of nitrogens with one attached hydrogen (secondary N) is 1. The predicted molar refractivity (Wildman–Crippen MR) is 76.4 cm³/mol. The van der Waals surface area contributed by atoms with Gasteiger partial charge in [0.15, 0.2) is 0 Å². The first-order chi connectivity index (χ1) is 9.22. The van der Waals surface area contributed by atoms with Crippen LogP contribution in [-0.4, -0.2) is 48.1 Å². The largest absolute Gasteiger partial charge is 0.322 e. The standard InChI is InChI=1S/C15H21N3O/c1-12-3-2-4-13(11-12)16-15(19)18-9-7-17(8-10-18)14-5-6-14/h2-4,11,14H,5-10H2,1H3,(H,16,19). The Labute approximate surface area is 114 Å². The Balaban J connectivity index is 1.53. The highest BCUT2D eigenvalue weighted by Crippen LogP contribution is 2.27. The van der Waals surface area contributed by atoms with Crippen molar-refractivity contribution in [3.05, 3.63) is 29.8 Å². The molecule has 1 saturated carbocycles. The summed E-state index contributed by atoms with van der Waals surface area (Å²) in [6.07, 6.45) is 2.69. The van der Waals surface area contributed by atoms with E-state index in [-0.39, 0.29) is 6.03 Å². The summed E-state index contributed by atoms with van der Waals surface area (Å²) in [5.74, 6) is 0. The highest BCUT2D eigenvalue weighted by molar-refractivity contribution is 5.89. The molecule has 1 saturated heterocycles. The van der Waals surface area contributed by atoms with E-state index in [4.69, 9.17) is 0 Å². The topological polar surface area (TPSA) is 35.6 Å². The van der Waals surface area contributed by atoms with E-state index in [0.717, 1.165) is 43.5 Å². The molecular weight excluding hydrogens is 238 g/mol. The number of amides is 2. The van der Waals surface area contributed by atoms with Gasteiger partial charge in [-0.25, -0.2) is 4.79 Å². The fraction of sp³-hybridized carbons (Fsp3) is 0.533. The van der Waals surface area contributed by atoms with Gasteiger partial charge in [0.2, 0.25) is 0 Å². The van der Waals surface area contributed by atoms with E-state index in [2.05, 4.69) is 10.2 Å². The fourth-order valence-corrected chi connectivity index (χ4v) is 2.66. The van der Waals surface area contributed by atoms with E-state index in [9.17, 15) is 4.79 Å². The first-order valence-corrected chi connectivity index (χ1v) is 7.09. The maximum atomic E-state index is 12.2. The number of carbonyl (C=O) groups is 1. The molecule has 2 fully saturated rings. The van der Waals surface area contributed by atoms with Crippen molar-refractivity contribution in [2.24, 2.45) is 0 Å². The number of aryl methyl sites for hydroxylation is 1. The molecular formula is C15H21N3O. The van der Waals surface area contributed by atoms with E-state index in [1.807, 2.05) is 36.1 Å². The van der Waals surface area contributed by atoms with Crippen LogP contribution in [0.1, 0.15) is 18.4 Å². The van der Waals surface area contributed by atoms with Crippen molar-refractivity contribution in [1.82, 2.24) is 9.80 Å². The van der Waals surface area contributed by atoms with Gasteiger partial charge in [-0.3, -0.25) is 4.90 Å². The number of piperazine rings is 1. The number of benzene rings is 1. The second-order valence-corrected chi connectivity index (χ2v) is 5.55. The lowest BCUT2D eigenvalue weighted by molar-refractivity contribution is 0.142. The van der Waals surface area contributed by atoms with Crippen LogP contribution in [0.25, 0.3) is 0 Å². The van der Waals surface area contributed by atoms with Crippen LogP contribution < -0.4 is 5.32 Å². The normalized spacial score (nSPS) is 20.4. The van der Waals surface area contributed by atoms with Gasteiger partial charge in [0.1, 0.15) is 0 Å². The van der Waals surface area contributed by atoms with E-state index in [1.54, 1.807) is 0 Å². The lowest BCUT2D eigenvalue weighted by atomic mass is 10.2. The summed E-state index contributed by atoms with van der Waals surface area (Å²) >= 11 is 0. The van der Waals surface area contributed by atoms with Crippen LogP contribution in [0, 0.1) is 6.92 Å². The third kappa shape index (κ3) is 3.07. The van der Waals surface area contributed by atoms with Gasteiger partial charge in [-0.15, -0.1) is 0 Å². The average molecular weight is 259 g/mol. The molecule has 1 heterocycles. The zero-order chi connectivity index (χ0) is 13.2. The Kier molecular flexibility index (Phi) is 3.42. The van der Waals surface area contributed by atoms with E-state index < -0.39 is 0 Å². The molecule has 0 aromatic heterocycles. The molecule has 0 radical (unpaired) electrons. The molecule has 4 heteroatoms. The molecule has 1 aromatic rings. The third-order valence-corrected chi connectivity index (χ3v) is 3.93. The molecule has 1 aliphatic heterocycles. The van der Waals surface area contributed by atoms with Gasteiger partial charge in [-0.2, -0.15) is 0 Å². The molecule has 2 aliphatic rings. The molecule has 2 amide bonds. The maximum absolute atomic E-state index is 12.2. The van der Waals surface area contributed by atoms with Crippen LogP contribution >= 0.6 is 0 Å². The Morgan fingerprint density at radius 2 is 1.95 bits per heavy atom. The minimum Gasteiger partial charge on any atom is -0.322 e. The van der Waals surface area contributed by atoms with E-state index in [0.29, 0.717) is 0 Å². The predicted octanol–water partition coefficient (Wildman–Crippen LogP) is 2.31. The monoisotopic (exact) mass is 259 g/mol. The summed E-state index contributed by atoms with van der Waals surface area (Å²) in [4.78, 5) is 16.6. The Hall–Kier alpha value is -1.55. The second-order valence-electron chi connectivity index (χ2n) is 5.55. The summed E-state index contributed by atoms with van der Waals surface area (Å²) < 4.78 is 0. The average Bonchev–Trinajstić information content (AvgIpc) is 3.23. The van der Waals surface area contributed by atoms with Gasteiger partial charge in [-0.05, 0) is 37.5 Å². The van der Waals surface area contributed by atoms with Gasteiger partial charge >= 0.3 is 6.03 Å². The molecule has 3 rings (SSSR count). The molecule has 4 nitrogen and oxygen atoms in total. The fourth-order valence-electron chi connectivity index (χ4n) is 2.66. The Morgan fingerprint density at radius 1 is 1.21 bits per heavy atom. The number of anilines is 1. The quantitative estimate of drug-likeness (QED) is 0.884. The number of urea groups is 1. The minimum absolute atomic E-state index is 0.0287. The van der Waals surface area contributed by atoms with Crippen molar-refractivity contribution in [2.75, 3.05) is 31.5 Å². The molecule has 102 valence electrons. The van der Waals surface area contributed by atoms with Crippen LogP contribution in [0.2, 0.25) is 0 Å². The van der Waals surface area contributed by atoms with Crippen molar-refractivity contribution in [3.63, 3.8) is 0 Å². The van der Waals surface area contributed by atoms with Crippen molar-refractivity contribution < 1.29 is 4.79 Å². The molecule has 0 atom stereocenters. The third-order valence-electron chi connectivity index (χ3n) is 3.93. The number of rotatable bonds is 2. The molecule has 1 aromatic carbocycles. The number of hydrogen-bond acceptors (Lipinski definition) is 2. The van der Waals surface area contributed by atoms with Gasteiger partial charge in [0.25, 0.3) is 0 Å². The van der Waals surface area contributed by atoms with Crippen LogP contribution in [0.3, 0.4) is 0 Å². The molecule has 19 heavy (non-hydrogen) atoms. The second kappa shape index (κ2) is 5.21. The highest BCUT2D eigenvalue weighted by Gasteiger charge is 2.32. The van der Waals surface area contributed by atoms with Gasteiger partial charge in [-0.1, -0.05) is 12.1 Å². The number of carbonyl (C=O) groups excluding carboxylic acids is 1. The van der Waals surface area contributed by atoms with Crippen molar-refractivity contribution in [2.45, 2.75) is 25.8 Å². The smallest absolute Gasteiger partial charge is 0.321 e. The van der Waals surface area contributed by atoms with Crippen molar-refractivity contribution >= 4 is 11.7 Å². The summed E-state index contributed by atoms with van der Waals surface area (Å²) in [6, 6.07) is 8.77. The summed E-state index contributed by atoms with van der Waals surface area (Å²) in [6.45, 7) is 5.75. The first kappa shape index (κ1) is 12.5. The zero-order valence-electron chi connectivity index (χ0n) is 11.4. The summed E-state index contributed by atoms with van der Waals surface area (Å²) in [5, 5.41) is 2.98. The molecule has 1 N–H and O–H groups in total. The number of nitrogens with zero attached hydrogens (tertiary/aromatic N) is 2. The van der Waals surface area contributed by atoms with Crippen LogP contribution in [0.15, 0.2) is 24.3 Å². The van der Waals surface area contributed by atoms with Crippen LogP contribution in [0.4, 0.5) is 10.5 Å². The summed E-state index contributed by atoms with van der Waals surface area (Å²) in [5.41, 5.74) is 2.05. The molecule has 0 spiro atoms. The molecule has 0 unspecified atom stereocenters. The Morgan fingerprint density at radius 3 is 2.58 bits per heavy atom. The first-order valence-electron chi connectivity index (χ1n) is 7.09. The van der Waals surface area contributed by atoms with Gasteiger partial charge in [0, 0.05) is 37.9 Å². The van der Waals surface area contributed by atoms with Crippen molar-refractivity contribution in [3.8, 4) is 0 Å². The lowest BCUT2D eigenvalue weighted by Gasteiger charge is -2.34.